The second-order valence-electron chi connectivity index (χ2n) is 5.06. The molecule has 2 heterocycles. The molecule has 0 saturated carbocycles. The van der Waals surface area contributed by atoms with Crippen molar-refractivity contribution in [3.63, 3.8) is 0 Å². The van der Waals surface area contributed by atoms with Gasteiger partial charge in [0.1, 0.15) is 0 Å². The van der Waals surface area contributed by atoms with Gasteiger partial charge in [0.05, 0.1) is 6.10 Å². The van der Waals surface area contributed by atoms with Crippen molar-refractivity contribution in [1.82, 2.24) is 5.32 Å². The van der Waals surface area contributed by atoms with Gasteiger partial charge in [0.15, 0.2) is 0 Å². The molecule has 1 saturated heterocycles. The Kier molecular flexibility index (Phi) is 3.04. The van der Waals surface area contributed by atoms with E-state index in [2.05, 4.69) is 28.8 Å². The van der Waals surface area contributed by atoms with E-state index in [1.807, 2.05) is 0 Å². The lowest BCUT2D eigenvalue weighted by Crippen LogP contribution is -2.38. The maximum Gasteiger partial charge on any atom is 0.0962 e. The number of nitrogens with one attached hydrogen (secondary N) is 2. The summed E-state index contributed by atoms with van der Waals surface area (Å²) in [7, 11) is 0. The van der Waals surface area contributed by atoms with Crippen LogP contribution in [0.4, 0.5) is 5.69 Å². The lowest BCUT2D eigenvalue weighted by atomic mass is 9.93. The maximum absolute atomic E-state index is 10.5. The zero-order chi connectivity index (χ0) is 11.7. The van der Waals surface area contributed by atoms with Gasteiger partial charge in [0, 0.05) is 23.8 Å². The van der Waals surface area contributed by atoms with Crippen molar-refractivity contribution < 1.29 is 5.11 Å². The van der Waals surface area contributed by atoms with Gasteiger partial charge in [-0.2, -0.15) is 0 Å². The molecule has 2 atom stereocenters. The molecule has 3 rings (SSSR count). The molecule has 1 aromatic carbocycles. The Morgan fingerprint density at radius 2 is 2.18 bits per heavy atom. The van der Waals surface area contributed by atoms with Crippen LogP contribution in [0.15, 0.2) is 18.2 Å². The first-order chi connectivity index (χ1) is 8.36. The first kappa shape index (κ1) is 11.1. The molecule has 92 valence electrons. The van der Waals surface area contributed by atoms with Crippen molar-refractivity contribution in [1.29, 1.82) is 0 Å². The summed E-state index contributed by atoms with van der Waals surface area (Å²) in [4.78, 5) is 0. The third kappa shape index (κ3) is 2.05. The number of fused-ring (bicyclic) bond motifs is 1. The molecule has 1 aromatic rings. The predicted molar refractivity (Wildman–Crippen MR) is 69.2 cm³/mol. The van der Waals surface area contributed by atoms with E-state index in [9.17, 15) is 5.11 Å². The van der Waals surface area contributed by atoms with Crippen LogP contribution in [0.25, 0.3) is 0 Å². The van der Waals surface area contributed by atoms with Gasteiger partial charge in [-0.25, -0.2) is 0 Å². The molecule has 3 N–H and O–H groups in total. The lowest BCUT2D eigenvalue weighted by Gasteiger charge is -2.29. The first-order valence-corrected chi connectivity index (χ1v) is 6.63. The summed E-state index contributed by atoms with van der Waals surface area (Å²) < 4.78 is 0. The van der Waals surface area contributed by atoms with Crippen LogP contribution in [-0.2, 0) is 6.42 Å². The number of hydrogen-bond acceptors (Lipinski definition) is 3. The highest BCUT2D eigenvalue weighted by Gasteiger charge is 2.26. The fraction of sp³-hybridized carbons (Fsp3) is 0.571. The van der Waals surface area contributed by atoms with Crippen LogP contribution in [0.5, 0.6) is 0 Å². The summed E-state index contributed by atoms with van der Waals surface area (Å²) >= 11 is 0. The molecule has 2 unspecified atom stereocenters. The summed E-state index contributed by atoms with van der Waals surface area (Å²) in [6, 6.07) is 6.49. The average molecular weight is 232 g/mol. The second kappa shape index (κ2) is 4.67. The summed E-state index contributed by atoms with van der Waals surface area (Å²) in [6.07, 6.45) is 4.22. The summed E-state index contributed by atoms with van der Waals surface area (Å²) in [6.45, 7) is 2.03. The monoisotopic (exact) mass is 232 g/mol. The number of rotatable bonds is 2. The molecule has 2 aliphatic heterocycles. The van der Waals surface area contributed by atoms with E-state index >= 15 is 0 Å². The minimum Gasteiger partial charge on any atom is -0.387 e. The van der Waals surface area contributed by atoms with Crippen LogP contribution < -0.4 is 10.6 Å². The molecule has 0 amide bonds. The van der Waals surface area contributed by atoms with Gasteiger partial charge in [-0.1, -0.05) is 24.6 Å². The van der Waals surface area contributed by atoms with Crippen molar-refractivity contribution >= 4 is 5.69 Å². The normalized spacial score (nSPS) is 25.1. The number of piperidine rings is 1. The van der Waals surface area contributed by atoms with E-state index in [1.54, 1.807) is 0 Å². The van der Waals surface area contributed by atoms with E-state index in [0.29, 0.717) is 0 Å². The van der Waals surface area contributed by atoms with E-state index in [4.69, 9.17) is 0 Å². The third-order valence-electron chi connectivity index (χ3n) is 3.93. The molecule has 0 aliphatic carbocycles. The Balaban J connectivity index is 1.85. The number of hydrogen-bond donors (Lipinski definition) is 3. The minimum absolute atomic E-state index is 0.220. The number of aliphatic hydroxyl groups is 1. The van der Waals surface area contributed by atoms with E-state index < -0.39 is 0 Å². The first-order valence-electron chi connectivity index (χ1n) is 6.63. The van der Waals surface area contributed by atoms with Crippen LogP contribution in [0.3, 0.4) is 0 Å². The highest BCUT2D eigenvalue weighted by Crippen LogP contribution is 2.33. The van der Waals surface area contributed by atoms with Gasteiger partial charge in [-0.3, -0.25) is 0 Å². The second-order valence-corrected chi connectivity index (χ2v) is 5.06. The van der Waals surface area contributed by atoms with Crippen molar-refractivity contribution in [2.75, 3.05) is 18.4 Å². The fourth-order valence-electron chi connectivity index (χ4n) is 2.98. The third-order valence-corrected chi connectivity index (χ3v) is 3.93. The summed E-state index contributed by atoms with van der Waals surface area (Å²) in [5, 5.41) is 17.3. The standard InChI is InChI=1S/C14H20N2O/c17-14(12-6-1-2-8-15-12)11-5-3-4-10-7-9-16-13(10)11/h3-5,12,14-17H,1-2,6-9H2. The summed E-state index contributed by atoms with van der Waals surface area (Å²) in [5.74, 6) is 0. The number of anilines is 1. The van der Waals surface area contributed by atoms with Crippen molar-refractivity contribution in [3.05, 3.63) is 29.3 Å². The van der Waals surface area contributed by atoms with Crippen LogP contribution >= 0.6 is 0 Å². The van der Waals surface area contributed by atoms with Gasteiger partial charge in [-0.05, 0) is 31.4 Å². The van der Waals surface area contributed by atoms with E-state index in [-0.39, 0.29) is 12.1 Å². The Hall–Kier alpha value is -1.06. The van der Waals surface area contributed by atoms with Gasteiger partial charge in [0.2, 0.25) is 0 Å². The topological polar surface area (TPSA) is 44.3 Å². The Labute approximate surface area is 102 Å². The zero-order valence-corrected chi connectivity index (χ0v) is 10.1. The number of benzene rings is 1. The Bertz CT molecular complexity index is 399. The molecule has 1 fully saturated rings. The van der Waals surface area contributed by atoms with Crippen LogP contribution in [0.1, 0.15) is 36.5 Å². The maximum atomic E-state index is 10.5. The molecule has 17 heavy (non-hydrogen) atoms. The molecule has 0 radical (unpaired) electrons. The smallest absolute Gasteiger partial charge is 0.0962 e. The Morgan fingerprint density at radius 1 is 1.24 bits per heavy atom. The lowest BCUT2D eigenvalue weighted by molar-refractivity contribution is 0.114. The van der Waals surface area contributed by atoms with Crippen LogP contribution in [0, 0.1) is 0 Å². The van der Waals surface area contributed by atoms with Gasteiger partial charge >= 0.3 is 0 Å². The Morgan fingerprint density at radius 3 is 3.00 bits per heavy atom. The molecular formula is C14H20N2O. The largest absolute Gasteiger partial charge is 0.387 e. The molecule has 0 spiro atoms. The molecular weight excluding hydrogens is 212 g/mol. The SMILES string of the molecule is OC(c1cccc2c1NCC2)C1CCCCN1. The molecule has 3 heteroatoms. The van der Waals surface area contributed by atoms with Gasteiger partial charge in [-0.15, -0.1) is 0 Å². The van der Waals surface area contributed by atoms with Crippen molar-refractivity contribution in [2.45, 2.75) is 37.8 Å². The number of para-hydroxylation sites is 1. The fourth-order valence-corrected chi connectivity index (χ4v) is 2.98. The van der Waals surface area contributed by atoms with Gasteiger partial charge in [0.25, 0.3) is 0 Å². The predicted octanol–water partition coefficient (Wildman–Crippen LogP) is 1.83. The van der Waals surface area contributed by atoms with E-state index in [1.165, 1.54) is 24.1 Å². The van der Waals surface area contributed by atoms with Crippen LogP contribution in [-0.4, -0.2) is 24.2 Å². The molecule has 3 nitrogen and oxygen atoms in total. The van der Waals surface area contributed by atoms with Crippen LogP contribution in [0.2, 0.25) is 0 Å². The molecule has 0 bridgehead atoms. The average Bonchev–Trinajstić information content (AvgIpc) is 2.87. The number of aliphatic hydroxyl groups excluding tert-OH is 1. The zero-order valence-electron chi connectivity index (χ0n) is 10.1. The highest BCUT2D eigenvalue weighted by molar-refractivity contribution is 5.62. The van der Waals surface area contributed by atoms with Crippen molar-refractivity contribution in [3.8, 4) is 0 Å². The van der Waals surface area contributed by atoms with E-state index in [0.717, 1.165) is 31.5 Å². The van der Waals surface area contributed by atoms with Gasteiger partial charge < -0.3 is 15.7 Å². The minimum atomic E-state index is -0.379. The highest BCUT2D eigenvalue weighted by atomic mass is 16.3. The van der Waals surface area contributed by atoms with Crippen molar-refractivity contribution in [2.24, 2.45) is 0 Å². The molecule has 2 aliphatic rings. The molecule has 0 aromatic heterocycles. The summed E-state index contributed by atoms with van der Waals surface area (Å²) in [5.41, 5.74) is 3.59. The quantitative estimate of drug-likeness (QED) is 0.729.